The smallest absolute Gasteiger partial charge is 0.411 e. The van der Waals surface area contributed by atoms with Gasteiger partial charge in [-0.05, 0) is 6.07 Å². The van der Waals surface area contributed by atoms with E-state index in [0.717, 1.165) is 13.2 Å². The number of methoxy groups -OCH3 is 1. The maximum Gasteiger partial charge on any atom is 0.411 e. The summed E-state index contributed by atoms with van der Waals surface area (Å²) in [5.41, 5.74) is -1.57. The van der Waals surface area contributed by atoms with Crippen LogP contribution in [-0.4, -0.2) is 23.0 Å². The van der Waals surface area contributed by atoms with Crippen LogP contribution in [0.2, 0.25) is 5.02 Å². The zero-order valence-electron chi connectivity index (χ0n) is 8.88. The van der Waals surface area contributed by atoms with Gasteiger partial charge in [-0.15, -0.1) is 0 Å². The number of rotatable bonds is 3. The third kappa shape index (κ3) is 2.83. The highest BCUT2D eigenvalue weighted by Crippen LogP contribution is 2.35. The highest BCUT2D eigenvalue weighted by atomic mass is 35.5. The minimum Gasteiger partial charge on any atom is -0.453 e. The van der Waals surface area contributed by atoms with Gasteiger partial charge >= 0.3 is 6.09 Å². The van der Waals surface area contributed by atoms with Crippen LogP contribution in [0.4, 0.5) is 21.9 Å². The number of nitrogens with one attached hydrogen (secondary N) is 1. The minimum absolute atomic E-state index is 0.289. The number of ether oxygens (including phenoxy) is 1. The minimum atomic E-state index is -0.956. The lowest BCUT2D eigenvalue weighted by Crippen LogP contribution is -2.12. The van der Waals surface area contributed by atoms with Crippen molar-refractivity contribution in [3.63, 3.8) is 0 Å². The number of amides is 1. The summed E-state index contributed by atoms with van der Waals surface area (Å²) in [7, 11) is 1.06. The molecular weight excluding hydrogens is 270 g/mol. The Balaban J connectivity index is 3.33. The molecule has 0 saturated carbocycles. The fourth-order valence-electron chi connectivity index (χ4n) is 1.10. The van der Waals surface area contributed by atoms with Crippen LogP contribution in [0.3, 0.4) is 0 Å². The van der Waals surface area contributed by atoms with Crippen molar-refractivity contribution in [1.29, 1.82) is 0 Å². The number of hydrogen-bond donors (Lipinski definition) is 1. The molecule has 1 aromatic rings. The van der Waals surface area contributed by atoms with Gasteiger partial charge < -0.3 is 4.74 Å². The van der Waals surface area contributed by atoms with Gasteiger partial charge in [0.25, 0.3) is 11.4 Å². The average Bonchev–Trinajstić information content (AvgIpc) is 2.27. The number of anilines is 1. The Hall–Kier alpha value is -2.42. The van der Waals surface area contributed by atoms with Crippen LogP contribution in [0, 0.1) is 20.2 Å². The number of halogens is 1. The summed E-state index contributed by atoms with van der Waals surface area (Å²) in [6.45, 7) is 0. The number of carbonyl (C=O) groups is 1. The highest BCUT2D eigenvalue weighted by Gasteiger charge is 2.24. The topological polar surface area (TPSA) is 125 Å². The predicted octanol–water partition coefficient (Wildman–Crippen LogP) is 2.33. The first-order valence-corrected chi connectivity index (χ1v) is 4.72. The van der Waals surface area contributed by atoms with Gasteiger partial charge in [0.2, 0.25) is 0 Å². The zero-order chi connectivity index (χ0) is 13.9. The molecule has 1 N–H and O–H groups in total. The molecule has 0 aromatic heterocycles. The van der Waals surface area contributed by atoms with Crippen molar-refractivity contribution in [1.82, 2.24) is 0 Å². The van der Waals surface area contributed by atoms with Crippen molar-refractivity contribution in [2.75, 3.05) is 12.4 Å². The monoisotopic (exact) mass is 275 g/mol. The van der Waals surface area contributed by atoms with E-state index in [-0.39, 0.29) is 10.7 Å². The molecule has 96 valence electrons. The molecule has 18 heavy (non-hydrogen) atoms. The SMILES string of the molecule is COC(=O)Nc1cc(Cl)c([N+](=O)[O-])cc1[N+](=O)[O-]. The molecule has 1 rings (SSSR count). The molecule has 0 heterocycles. The third-order valence-corrected chi connectivity index (χ3v) is 2.18. The lowest BCUT2D eigenvalue weighted by atomic mass is 10.2. The lowest BCUT2D eigenvalue weighted by Gasteiger charge is -2.05. The Bertz CT molecular complexity index is 532. The molecule has 0 fully saturated rings. The van der Waals surface area contributed by atoms with Crippen molar-refractivity contribution < 1.29 is 19.4 Å². The summed E-state index contributed by atoms with van der Waals surface area (Å²) in [5, 5.41) is 23.0. The van der Waals surface area contributed by atoms with Gasteiger partial charge in [-0.3, -0.25) is 25.5 Å². The Kier molecular flexibility index (Phi) is 4.00. The molecule has 0 bridgehead atoms. The van der Waals surface area contributed by atoms with Crippen LogP contribution in [-0.2, 0) is 4.74 Å². The molecule has 0 saturated heterocycles. The fourth-order valence-corrected chi connectivity index (χ4v) is 1.34. The predicted molar refractivity (Wildman–Crippen MR) is 60.8 cm³/mol. The van der Waals surface area contributed by atoms with E-state index in [1.165, 1.54) is 0 Å². The Morgan fingerprint density at radius 3 is 2.28 bits per heavy atom. The highest BCUT2D eigenvalue weighted by molar-refractivity contribution is 6.33. The van der Waals surface area contributed by atoms with Gasteiger partial charge in [-0.2, -0.15) is 0 Å². The van der Waals surface area contributed by atoms with E-state index in [1.54, 1.807) is 0 Å². The number of hydrogen-bond acceptors (Lipinski definition) is 6. The maximum atomic E-state index is 11.0. The Morgan fingerprint density at radius 1 is 1.28 bits per heavy atom. The van der Waals surface area contributed by atoms with Gasteiger partial charge in [0, 0.05) is 0 Å². The van der Waals surface area contributed by atoms with Gasteiger partial charge in [-0.25, -0.2) is 4.79 Å². The molecular formula is C8H6ClN3O6. The van der Waals surface area contributed by atoms with Crippen molar-refractivity contribution in [2.24, 2.45) is 0 Å². The van der Waals surface area contributed by atoms with Gasteiger partial charge in [-0.1, -0.05) is 11.6 Å². The summed E-state index contributed by atoms with van der Waals surface area (Å²) in [4.78, 5) is 30.5. The second-order valence-corrected chi connectivity index (χ2v) is 3.36. The third-order valence-electron chi connectivity index (χ3n) is 1.88. The lowest BCUT2D eigenvalue weighted by molar-refractivity contribution is -0.393. The summed E-state index contributed by atoms with van der Waals surface area (Å²) in [6, 6.07) is 1.57. The zero-order valence-corrected chi connectivity index (χ0v) is 9.63. The quantitative estimate of drug-likeness (QED) is 0.666. The van der Waals surface area contributed by atoms with Crippen LogP contribution < -0.4 is 5.32 Å². The van der Waals surface area contributed by atoms with E-state index in [1.807, 2.05) is 5.32 Å². The molecule has 0 atom stereocenters. The first kappa shape index (κ1) is 13.6. The van der Waals surface area contributed by atoms with Gasteiger partial charge in [0.05, 0.1) is 23.0 Å². The Morgan fingerprint density at radius 2 is 1.83 bits per heavy atom. The van der Waals surface area contributed by atoms with E-state index < -0.39 is 27.3 Å². The second kappa shape index (κ2) is 5.27. The maximum absolute atomic E-state index is 11.0. The molecule has 1 aromatic carbocycles. The first-order valence-electron chi connectivity index (χ1n) is 4.34. The van der Waals surface area contributed by atoms with Crippen LogP contribution in [0.1, 0.15) is 0 Å². The molecule has 0 spiro atoms. The summed E-state index contributed by atoms with van der Waals surface area (Å²) in [5.74, 6) is 0. The Labute approximate surface area is 105 Å². The number of benzene rings is 1. The van der Waals surface area contributed by atoms with E-state index in [0.29, 0.717) is 6.07 Å². The van der Waals surface area contributed by atoms with E-state index >= 15 is 0 Å². The molecule has 10 heteroatoms. The summed E-state index contributed by atoms with van der Waals surface area (Å²) < 4.78 is 4.26. The van der Waals surface area contributed by atoms with Crippen molar-refractivity contribution in [3.8, 4) is 0 Å². The van der Waals surface area contributed by atoms with E-state index in [9.17, 15) is 25.0 Å². The van der Waals surface area contributed by atoms with Crippen LogP contribution in [0.15, 0.2) is 12.1 Å². The molecule has 0 unspecified atom stereocenters. The largest absolute Gasteiger partial charge is 0.453 e. The normalized spacial score (nSPS) is 9.67. The van der Waals surface area contributed by atoms with Crippen molar-refractivity contribution in [3.05, 3.63) is 37.4 Å². The average molecular weight is 276 g/mol. The van der Waals surface area contributed by atoms with Crippen LogP contribution >= 0.6 is 11.6 Å². The van der Waals surface area contributed by atoms with Crippen molar-refractivity contribution >= 4 is 34.8 Å². The number of nitrogens with zero attached hydrogens (tertiary/aromatic N) is 2. The van der Waals surface area contributed by atoms with Gasteiger partial charge in [0.1, 0.15) is 10.7 Å². The molecule has 1 amide bonds. The van der Waals surface area contributed by atoms with Crippen molar-refractivity contribution in [2.45, 2.75) is 0 Å². The fraction of sp³-hybridized carbons (Fsp3) is 0.125. The first-order chi connectivity index (χ1) is 8.36. The van der Waals surface area contributed by atoms with Gasteiger partial charge in [0.15, 0.2) is 0 Å². The summed E-state index contributed by atoms with van der Waals surface area (Å²) >= 11 is 5.57. The standard InChI is InChI=1S/C8H6ClN3O6/c1-18-8(13)10-5-2-4(9)6(11(14)15)3-7(5)12(16)17/h2-3H,1H3,(H,10,13). The van der Waals surface area contributed by atoms with Crippen LogP contribution in [0.5, 0.6) is 0 Å². The number of nitro groups is 2. The van der Waals surface area contributed by atoms with E-state index in [2.05, 4.69) is 4.74 Å². The number of nitro benzene ring substituents is 2. The second-order valence-electron chi connectivity index (χ2n) is 2.95. The molecule has 0 aliphatic heterocycles. The molecule has 0 aliphatic carbocycles. The number of carbonyl (C=O) groups excluding carboxylic acids is 1. The summed E-state index contributed by atoms with van der Waals surface area (Å²) in [6.07, 6.45) is -0.956. The van der Waals surface area contributed by atoms with Crippen LogP contribution in [0.25, 0.3) is 0 Å². The molecule has 0 radical (unpaired) electrons. The molecule has 0 aliphatic rings. The van der Waals surface area contributed by atoms with E-state index in [4.69, 9.17) is 11.6 Å². The molecule has 9 nitrogen and oxygen atoms in total.